The van der Waals surface area contributed by atoms with E-state index in [2.05, 4.69) is 15.6 Å². The average molecular weight is 276 g/mol. The van der Waals surface area contributed by atoms with Crippen LogP contribution in [0.1, 0.15) is 23.7 Å². The van der Waals surface area contributed by atoms with Crippen LogP contribution in [0.25, 0.3) is 0 Å². The highest BCUT2D eigenvalue weighted by Crippen LogP contribution is 2.25. The van der Waals surface area contributed by atoms with Crippen molar-refractivity contribution in [2.24, 2.45) is 5.92 Å². The Kier molecular flexibility index (Phi) is 4.52. The first-order chi connectivity index (χ1) is 7.49. The summed E-state index contributed by atoms with van der Waals surface area (Å²) >= 11 is 1.63. The molecule has 0 aromatic carbocycles. The smallest absolute Gasteiger partial charge is 0.226 e. The Morgan fingerprint density at radius 3 is 2.65 bits per heavy atom. The predicted octanol–water partition coefficient (Wildman–Crippen LogP) is 1.44. The standard InChI is InChI=1S/C11H17N3OS.ClH/c1-7-4-13-10(16-7)11(2,3)14-9(15)8-5-12-6-8;/h4,8,12H,5-6H2,1-3H3,(H,14,15);1H. The van der Waals surface area contributed by atoms with Gasteiger partial charge >= 0.3 is 0 Å². The van der Waals surface area contributed by atoms with Crippen molar-refractivity contribution in [2.75, 3.05) is 13.1 Å². The number of aromatic nitrogens is 1. The summed E-state index contributed by atoms with van der Waals surface area (Å²) in [7, 11) is 0. The second-order valence-corrected chi connectivity index (χ2v) is 5.98. The summed E-state index contributed by atoms with van der Waals surface area (Å²) in [6.07, 6.45) is 1.85. The van der Waals surface area contributed by atoms with Crippen molar-refractivity contribution < 1.29 is 4.79 Å². The van der Waals surface area contributed by atoms with Gasteiger partial charge in [0.05, 0.1) is 11.5 Å². The van der Waals surface area contributed by atoms with E-state index < -0.39 is 0 Å². The minimum Gasteiger partial charge on any atom is -0.344 e. The molecule has 1 aliphatic rings. The van der Waals surface area contributed by atoms with Crippen LogP contribution >= 0.6 is 23.7 Å². The van der Waals surface area contributed by atoms with E-state index in [1.54, 1.807) is 11.3 Å². The molecule has 4 nitrogen and oxygen atoms in total. The zero-order chi connectivity index (χ0) is 11.8. The Morgan fingerprint density at radius 2 is 2.24 bits per heavy atom. The van der Waals surface area contributed by atoms with Crippen LogP contribution in [0.5, 0.6) is 0 Å². The van der Waals surface area contributed by atoms with Crippen LogP contribution in [-0.2, 0) is 10.3 Å². The van der Waals surface area contributed by atoms with Crippen LogP contribution < -0.4 is 10.6 Å². The van der Waals surface area contributed by atoms with E-state index in [-0.39, 0.29) is 29.8 Å². The molecule has 2 heterocycles. The first-order valence-corrected chi connectivity index (χ1v) is 6.26. The van der Waals surface area contributed by atoms with Gasteiger partial charge in [0, 0.05) is 24.2 Å². The van der Waals surface area contributed by atoms with Gasteiger partial charge in [-0.2, -0.15) is 0 Å². The lowest BCUT2D eigenvalue weighted by Gasteiger charge is -2.31. The number of thiazole rings is 1. The van der Waals surface area contributed by atoms with Crippen LogP contribution in [0.4, 0.5) is 0 Å². The highest BCUT2D eigenvalue weighted by atomic mass is 35.5. The lowest BCUT2D eigenvalue weighted by molar-refractivity contribution is -0.128. The first kappa shape index (κ1) is 14.4. The Balaban J connectivity index is 0.00000144. The fourth-order valence-electron chi connectivity index (χ4n) is 1.58. The SMILES string of the molecule is Cc1cnc(C(C)(C)NC(=O)C2CNC2)s1.Cl. The number of aryl methyl sites for hydroxylation is 1. The third kappa shape index (κ3) is 3.18. The van der Waals surface area contributed by atoms with E-state index >= 15 is 0 Å². The molecular weight excluding hydrogens is 258 g/mol. The van der Waals surface area contributed by atoms with Crippen LogP contribution in [-0.4, -0.2) is 24.0 Å². The number of hydrogen-bond donors (Lipinski definition) is 2. The average Bonchev–Trinajstić information content (AvgIpc) is 2.47. The number of carbonyl (C=O) groups excluding carboxylic acids is 1. The third-order valence-electron chi connectivity index (χ3n) is 2.74. The molecule has 0 unspecified atom stereocenters. The lowest BCUT2D eigenvalue weighted by Crippen LogP contribution is -2.54. The molecule has 0 saturated carbocycles. The number of carbonyl (C=O) groups is 1. The molecular formula is C11H18ClN3OS. The second-order valence-electron chi connectivity index (χ2n) is 4.75. The van der Waals surface area contributed by atoms with Crippen LogP contribution in [0.2, 0.25) is 0 Å². The molecule has 96 valence electrons. The van der Waals surface area contributed by atoms with E-state index in [4.69, 9.17) is 0 Å². The molecule has 0 radical (unpaired) electrons. The monoisotopic (exact) mass is 275 g/mol. The van der Waals surface area contributed by atoms with Crippen LogP contribution in [0.15, 0.2) is 6.20 Å². The molecule has 1 saturated heterocycles. The topological polar surface area (TPSA) is 54.0 Å². The van der Waals surface area contributed by atoms with E-state index in [0.29, 0.717) is 0 Å². The van der Waals surface area contributed by atoms with Gasteiger partial charge in [-0.15, -0.1) is 23.7 Å². The van der Waals surface area contributed by atoms with Gasteiger partial charge in [-0.25, -0.2) is 4.98 Å². The molecule has 0 bridgehead atoms. The summed E-state index contributed by atoms with van der Waals surface area (Å²) in [4.78, 5) is 17.3. The number of halogens is 1. The molecule has 1 fully saturated rings. The van der Waals surface area contributed by atoms with Crippen LogP contribution in [0.3, 0.4) is 0 Å². The Hall–Kier alpha value is -0.650. The van der Waals surface area contributed by atoms with Gasteiger partial charge in [0.15, 0.2) is 0 Å². The Labute approximate surface area is 112 Å². The van der Waals surface area contributed by atoms with Crippen molar-refractivity contribution >= 4 is 29.7 Å². The minimum absolute atomic E-state index is 0. The van der Waals surface area contributed by atoms with Crippen molar-refractivity contribution in [3.05, 3.63) is 16.1 Å². The van der Waals surface area contributed by atoms with Gasteiger partial charge in [-0.3, -0.25) is 4.79 Å². The van der Waals surface area contributed by atoms with Gasteiger partial charge in [0.1, 0.15) is 5.01 Å². The normalized spacial score (nSPS) is 15.9. The van der Waals surface area contributed by atoms with Gasteiger partial charge in [0.2, 0.25) is 5.91 Å². The van der Waals surface area contributed by atoms with E-state index in [0.717, 1.165) is 18.1 Å². The maximum Gasteiger partial charge on any atom is 0.226 e. The Bertz CT molecular complexity index is 401. The van der Waals surface area contributed by atoms with Crippen molar-refractivity contribution in [3.63, 3.8) is 0 Å². The number of amides is 1. The molecule has 6 heteroatoms. The zero-order valence-corrected chi connectivity index (χ0v) is 11.9. The zero-order valence-electron chi connectivity index (χ0n) is 10.2. The van der Waals surface area contributed by atoms with Crippen LogP contribution in [0, 0.1) is 12.8 Å². The quantitative estimate of drug-likeness (QED) is 0.878. The second kappa shape index (κ2) is 5.33. The molecule has 1 aliphatic heterocycles. The molecule has 2 N–H and O–H groups in total. The summed E-state index contributed by atoms with van der Waals surface area (Å²) in [5, 5.41) is 7.12. The Morgan fingerprint density at radius 1 is 1.59 bits per heavy atom. The summed E-state index contributed by atoms with van der Waals surface area (Å²) < 4.78 is 0. The largest absolute Gasteiger partial charge is 0.344 e. The fourth-order valence-corrected chi connectivity index (χ4v) is 2.40. The molecule has 0 spiro atoms. The van der Waals surface area contributed by atoms with Crippen molar-refractivity contribution in [1.82, 2.24) is 15.6 Å². The van der Waals surface area contributed by atoms with E-state index in [9.17, 15) is 4.79 Å². The first-order valence-electron chi connectivity index (χ1n) is 5.45. The highest BCUT2D eigenvalue weighted by molar-refractivity contribution is 7.11. The maximum absolute atomic E-state index is 11.8. The maximum atomic E-state index is 11.8. The molecule has 1 aromatic heterocycles. The van der Waals surface area contributed by atoms with Gasteiger partial charge in [0.25, 0.3) is 0 Å². The van der Waals surface area contributed by atoms with E-state index in [1.807, 2.05) is 27.0 Å². The van der Waals surface area contributed by atoms with Crippen molar-refractivity contribution in [3.8, 4) is 0 Å². The fraction of sp³-hybridized carbons (Fsp3) is 0.636. The molecule has 1 amide bonds. The number of nitrogens with zero attached hydrogens (tertiary/aromatic N) is 1. The summed E-state index contributed by atoms with van der Waals surface area (Å²) in [5.74, 6) is 0.247. The van der Waals surface area contributed by atoms with Crippen molar-refractivity contribution in [2.45, 2.75) is 26.3 Å². The highest BCUT2D eigenvalue weighted by Gasteiger charge is 2.31. The minimum atomic E-state index is -0.369. The summed E-state index contributed by atoms with van der Waals surface area (Å²) in [6, 6.07) is 0. The third-order valence-corrected chi connectivity index (χ3v) is 3.98. The lowest BCUT2D eigenvalue weighted by atomic mass is 9.99. The summed E-state index contributed by atoms with van der Waals surface area (Å²) in [6.45, 7) is 7.59. The molecule has 2 rings (SSSR count). The predicted molar refractivity (Wildman–Crippen MR) is 71.6 cm³/mol. The summed E-state index contributed by atoms with van der Waals surface area (Å²) in [5.41, 5.74) is -0.369. The molecule has 1 aromatic rings. The van der Waals surface area contributed by atoms with Crippen molar-refractivity contribution in [1.29, 1.82) is 0 Å². The number of nitrogens with one attached hydrogen (secondary N) is 2. The molecule has 0 atom stereocenters. The molecule has 17 heavy (non-hydrogen) atoms. The van der Waals surface area contributed by atoms with Gasteiger partial charge < -0.3 is 10.6 Å². The molecule has 0 aliphatic carbocycles. The van der Waals surface area contributed by atoms with E-state index in [1.165, 1.54) is 4.88 Å². The van der Waals surface area contributed by atoms with Gasteiger partial charge in [-0.05, 0) is 20.8 Å². The number of rotatable bonds is 3. The van der Waals surface area contributed by atoms with Gasteiger partial charge in [-0.1, -0.05) is 0 Å². The number of hydrogen-bond acceptors (Lipinski definition) is 4.